The third-order valence-corrected chi connectivity index (χ3v) is 1.75. The smallest absolute Gasteiger partial charge is 0.358 e. The Morgan fingerprint density at radius 2 is 2.31 bits per heavy atom. The van der Waals surface area contributed by atoms with Gasteiger partial charge in [0.1, 0.15) is 6.33 Å². The number of hydrogen-bond donors (Lipinski definition) is 1. The van der Waals surface area contributed by atoms with Crippen LogP contribution >= 0.6 is 0 Å². The van der Waals surface area contributed by atoms with Gasteiger partial charge in [0.2, 0.25) is 0 Å². The minimum atomic E-state index is -1.16. The average molecular weight is 220 g/mol. The maximum absolute atomic E-state index is 10.8. The molecule has 2 heterocycles. The molecule has 0 amide bonds. The first-order valence-electron chi connectivity index (χ1n) is 4.38. The second-order valence-corrected chi connectivity index (χ2v) is 2.96. The summed E-state index contributed by atoms with van der Waals surface area (Å²) < 4.78 is 6.66. The van der Waals surface area contributed by atoms with Crippen LogP contribution in [0.2, 0.25) is 0 Å². The number of carboxylic acid groups (broad SMARTS) is 1. The molecule has 0 saturated carbocycles. The van der Waals surface area contributed by atoms with E-state index >= 15 is 0 Å². The Morgan fingerprint density at radius 1 is 1.50 bits per heavy atom. The van der Waals surface area contributed by atoms with E-state index < -0.39 is 5.97 Å². The first kappa shape index (κ1) is 10.1. The number of hydrogen-bond acceptors (Lipinski definition) is 5. The first-order valence-corrected chi connectivity index (χ1v) is 4.38. The van der Waals surface area contributed by atoms with E-state index in [0.717, 1.165) is 0 Å². The summed E-state index contributed by atoms with van der Waals surface area (Å²) >= 11 is 0. The standard InChI is InChI=1S/C9H8N4O3/c1-13-5-11-9(12-13)16-6-3-2-4-10-7(6)8(14)15/h2-5H,1H3,(H,14,15). The lowest BCUT2D eigenvalue weighted by Gasteiger charge is -2.02. The molecule has 0 fully saturated rings. The highest BCUT2D eigenvalue weighted by Gasteiger charge is 2.14. The van der Waals surface area contributed by atoms with Gasteiger partial charge in [0, 0.05) is 13.2 Å². The number of ether oxygens (including phenoxy) is 1. The zero-order chi connectivity index (χ0) is 11.5. The van der Waals surface area contributed by atoms with Gasteiger partial charge < -0.3 is 9.84 Å². The molecule has 2 aromatic heterocycles. The molecule has 0 saturated heterocycles. The number of carboxylic acids is 1. The van der Waals surface area contributed by atoms with Crippen LogP contribution in [0.1, 0.15) is 10.5 Å². The molecule has 0 radical (unpaired) electrons. The van der Waals surface area contributed by atoms with E-state index in [1.54, 1.807) is 13.1 Å². The molecule has 0 aliphatic heterocycles. The van der Waals surface area contributed by atoms with Crippen LogP contribution in [0.4, 0.5) is 0 Å². The van der Waals surface area contributed by atoms with Gasteiger partial charge in [-0.2, -0.15) is 4.98 Å². The fourth-order valence-corrected chi connectivity index (χ4v) is 1.10. The van der Waals surface area contributed by atoms with E-state index in [1.807, 2.05) is 0 Å². The van der Waals surface area contributed by atoms with Crippen molar-refractivity contribution in [2.45, 2.75) is 0 Å². The van der Waals surface area contributed by atoms with Crippen molar-refractivity contribution in [2.24, 2.45) is 7.05 Å². The highest BCUT2D eigenvalue weighted by atomic mass is 16.5. The number of pyridine rings is 1. The third kappa shape index (κ3) is 1.97. The summed E-state index contributed by atoms with van der Waals surface area (Å²) in [5, 5.41) is 12.7. The van der Waals surface area contributed by atoms with Gasteiger partial charge >= 0.3 is 12.0 Å². The zero-order valence-electron chi connectivity index (χ0n) is 8.36. The molecular formula is C9H8N4O3. The molecule has 2 rings (SSSR count). The van der Waals surface area contributed by atoms with Gasteiger partial charge in [0.05, 0.1) is 0 Å². The van der Waals surface area contributed by atoms with Crippen molar-refractivity contribution >= 4 is 5.97 Å². The largest absolute Gasteiger partial charge is 0.476 e. The van der Waals surface area contributed by atoms with Gasteiger partial charge in [0.25, 0.3) is 0 Å². The normalized spacial score (nSPS) is 10.1. The second-order valence-electron chi connectivity index (χ2n) is 2.96. The lowest BCUT2D eigenvalue weighted by molar-refractivity contribution is 0.0687. The summed E-state index contributed by atoms with van der Waals surface area (Å²) in [6.07, 6.45) is 2.83. The van der Waals surface area contributed by atoms with Crippen molar-refractivity contribution in [1.29, 1.82) is 0 Å². The van der Waals surface area contributed by atoms with Gasteiger partial charge in [-0.15, -0.1) is 5.10 Å². The third-order valence-electron chi connectivity index (χ3n) is 1.75. The van der Waals surface area contributed by atoms with Gasteiger partial charge in [-0.05, 0) is 12.1 Å². The summed E-state index contributed by atoms with van der Waals surface area (Å²) in [7, 11) is 1.68. The number of aromatic nitrogens is 4. The van der Waals surface area contributed by atoms with Crippen molar-refractivity contribution in [3.63, 3.8) is 0 Å². The highest BCUT2D eigenvalue weighted by Crippen LogP contribution is 2.20. The van der Waals surface area contributed by atoms with E-state index in [-0.39, 0.29) is 17.5 Å². The van der Waals surface area contributed by atoms with Crippen molar-refractivity contribution in [3.8, 4) is 11.8 Å². The molecule has 0 spiro atoms. The predicted molar refractivity (Wildman–Crippen MR) is 52.3 cm³/mol. The lowest BCUT2D eigenvalue weighted by Crippen LogP contribution is -2.03. The Kier molecular flexibility index (Phi) is 2.50. The van der Waals surface area contributed by atoms with Gasteiger partial charge in [0.15, 0.2) is 11.4 Å². The number of carbonyl (C=O) groups is 1. The number of rotatable bonds is 3. The quantitative estimate of drug-likeness (QED) is 0.818. The SMILES string of the molecule is Cn1cnc(Oc2cccnc2C(=O)O)n1. The van der Waals surface area contributed by atoms with E-state index in [9.17, 15) is 4.79 Å². The fraction of sp³-hybridized carbons (Fsp3) is 0.111. The molecule has 2 aromatic rings. The molecule has 0 aliphatic rings. The topological polar surface area (TPSA) is 90.1 Å². The van der Waals surface area contributed by atoms with E-state index in [1.165, 1.54) is 23.3 Å². The average Bonchev–Trinajstić information content (AvgIpc) is 2.64. The van der Waals surface area contributed by atoms with Crippen LogP contribution in [-0.4, -0.2) is 30.8 Å². The van der Waals surface area contributed by atoms with Crippen LogP contribution in [0.15, 0.2) is 24.7 Å². The second kappa shape index (κ2) is 3.97. The van der Waals surface area contributed by atoms with Crippen molar-refractivity contribution in [3.05, 3.63) is 30.4 Å². The van der Waals surface area contributed by atoms with Crippen LogP contribution in [0, 0.1) is 0 Å². The molecule has 0 unspecified atom stereocenters. The minimum absolute atomic E-state index is 0.0815. The summed E-state index contributed by atoms with van der Waals surface area (Å²) in [6.45, 7) is 0. The van der Waals surface area contributed by atoms with Crippen molar-refractivity contribution in [2.75, 3.05) is 0 Å². The fourth-order valence-electron chi connectivity index (χ4n) is 1.10. The number of aromatic carboxylic acids is 1. The van der Waals surface area contributed by atoms with E-state index in [2.05, 4.69) is 15.1 Å². The van der Waals surface area contributed by atoms with E-state index in [4.69, 9.17) is 9.84 Å². The Morgan fingerprint density at radius 3 is 2.94 bits per heavy atom. The number of nitrogens with zero attached hydrogens (tertiary/aromatic N) is 4. The summed E-state index contributed by atoms with van der Waals surface area (Å²) in [5.41, 5.74) is -0.171. The molecule has 0 aliphatic carbocycles. The lowest BCUT2D eigenvalue weighted by atomic mass is 10.3. The summed E-state index contributed by atoms with van der Waals surface area (Å²) in [4.78, 5) is 18.3. The van der Waals surface area contributed by atoms with Crippen LogP contribution in [0.3, 0.4) is 0 Å². The van der Waals surface area contributed by atoms with Crippen molar-refractivity contribution in [1.82, 2.24) is 19.7 Å². The maximum Gasteiger partial charge on any atom is 0.358 e. The van der Waals surface area contributed by atoms with Gasteiger partial charge in [-0.1, -0.05) is 0 Å². The van der Waals surface area contributed by atoms with Crippen LogP contribution < -0.4 is 4.74 Å². The predicted octanol–water partition coefficient (Wildman–Crippen LogP) is 0.701. The van der Waals surface area contributed by atoms with Crippen LogP contribution in [0.25, 0.3) is 0 Å². The molecule has 0 bridgehead atoms. The van der Waals surface area contributed by atoms with Gasteiger partial charge in [-0.3, -0.25) is 4.68 Å². The summed E-state index contributed by atoms with van der Waals surface area (Å²) in [6, 6.07) is 3.15. The first-order chi connectivity index (χ1) is 7.66. The minimum Gasteiger partial charge on any atom is -0.476 e. The van der Waals surface area contributed by atoms with Crippen LogP contribution in [-0.2, 0) is 7.05 Å². The monoisotopic (exact) mass is 220 g/mol. The van der Waals surface area contributed by atoms with Crippen LogP contribution in [0.5, 0.6) is 11.8 Å². The molecule has 7 heteroatoms. The molecule has 16 heavy (non-hydrogen) atoms. The maximum atomic E-state index is 10.8. The molecule has 82 valence electrons. The van der Waals surface area contributed by atoms with Crippen molar-refractivity contribution < 1.29 is 14.6 Å². The molecule has 0 aromatic carbocycles. The Balaban J connectivity index is 2.31. The molecule has 0 atom stereocenters. The molecular weight excluding hydrogens is 212 g/mol. The Labute approximate surface area is 90.3 Å². The summed E-state index contributed by atoms with van der Waals surface area (Å²) in [5.74, 6) is -1.05. The highest BCUT2D eigenvalue weighted by molar-refractivity contribution is 5.88. The number of aryl methyl sites for hydroxylation is 1. The molecule has 7 nitrogen and oxygen atoms in total. The molecule has 1 N–H and O–H groups in total. The Bertz CT molecular complexity index is 523. The zero-order valence-corrected chi connectivity index (χ0v) is 8.36. The van der Waals surface area contributed by atoms with E-state index in [0.29, 0.717) is 0 Å². The van der Waals surface area contributed by atoms with Gasteiger partial charge in [-0.25, -0.2) is 9.78 Å². The Hall–Kier alpha value is -2.44.